The Morgan fingerprint density at radius 2 is 1.73 bits per heavy atom. The first-order valence-corrected chi connectivity index (χ1v) is 16.3. The Balaban J connectivity index is 1.41. The van der Waals surface area contributed by atoms with Crippen LogP contribution in [0.3, 0.4) is 0 Å². The molecule has 2 heterocycles. The average Bonchev–Trinajstić information content (AvgIpc) is 3.72. The summed E-state index contributed by atoms with van der Waals surface area (Å²) in [6, 6.07) is 18.3. The van der Waals surface area contributed by atoms with E-state index in [0.29, 0.717) is 16.5 Å². The van der Waals surface area contributed by atoms with E-state index >= 15 is 0 Å². The number of nitrogens with one attached hydrogen (secondary N) is 1. The van der Waals surface area contributed by atoms with E-state index in [9.17, 15) is 19.8 Å². The maximum Gasteiger partial charge on any atom is 0.328 e. The summed E-state index contributed by atoms with van der Waals surface area (Å²) in [6.07, 6.45) is 4.61. The third kappa shape index (κ3) is 8.09. The number of benzene rings is 2. The molecule has 3 N–H and O–H groups in total. The Labute approximate surface area is 268 Å². The largest absolute Gasteiger partial charge is 0.467 e. The molecule has 0 spiro atoms. The number of carbonyl (C=O) groups excluding carboxylic acids is 2. The SMILES string of the molecule is COC(=O)C(Cc1ccc(C(O)CO)s1)NC(=O)c1cc2ccc(Oc3ccc(C(C)(C)C)cc3)cc2c(CC2CCCC2)n1. The molecular weight excluding hydrogens is 588 g/mol. The minimum atomic E-state index is -0.991. The van der Waals surface area contributed by atoms with Gasteiger partial charge in [0.05, 0.1) is 13.7 Å². The molecular formula is C36H42N2O6S. The number of aliphatic hydroxyl groups is 2. The average molecular weight is 631 g/mol. The topological polar surface area (TPSA) is 118 Å². The van der Waals surface area contributed by atoms with Gasteiger partial charge in [0, 0.05) is 27.3 Å². The number of rotatable bonds is 11. The molecule has 2 aromatic carbocycles. The Hall–Kier alpha value is -3.79. The van der Waals surface area contributed by atoms with Crippen LogP contribution in [0.15, 0.2) is 60.7 Å². The summed E-state index contributed by atoms with van der Waals surface area (Å²) in [6.45, 7) is 6.15. The Morgan fingerprint density at radius 1 is 1.02 bits per heavy atom. The molecule has 8 nitrogen and oxygen atoms in total. The van der Waals surface area contributed by atoms with Crippen LogP contribution >= 0.6 is 11.3 Å². The fourth-order valence-corrected chi connectivity index (χ4v) is 6.86. The van der Waals surface area contributed by atoms with Gasteiger partial charge in [0.15, 0.2) is 0 Å². The van der Waals surface area contributed by atoms with E-state index in [4.69, 9.17) is 14.5 Å². The molecule has 0 radical (unpaired) electrons. The summed E-state index contributed by atoms with van der Waals surface area (Å²) in [5.41, 5.74) is 2.37. The molecule has 0 bridgehead atoms. The van der Waals surface area contributed by atoms with Crippen LogP contribution in [0.1, 0.15) is 84.1 Å². The smallest absolute Gasteiger partial charge is 0.328 e. The molecule has 45 heavy (non-hydrogen) atoms. The highest BCUT2D eigenvalue weighted by Gasteiger charge is 2.26. The van der Waals surface area contributed by atoms with Crippen LogP contribution in [0.5, 0.6) is 11.5 Å². The third-order valence-electron chi connectivity index (χ3n) is 8.41. The molecule has 5 rings (SSSR count). The maximum atomic E-state index is 13.6. The van der Waals surface area contributed by atoms with Crippen LogP contribution in [0.25, 0.3) is 10.8 Å². The van der Waals surface area contributed by atoms with Crippen molar-refractivity contribution >= 4 is 34.0 Å². The molecule has 1 aliphatic carbocycles. The quantitative estimate of drug-likeness (QED) is 0.159. The van der Waals surface area contributed by atoms with E-state index in [1.807, 2.05) is 30.3 Å². The van der Waals surface area contributed by atoms with Gasteiger partial charge in [-0.05, 0) is 71.2 Å². The molecule has 238 valence electrons. The minimum Gasteiger partial charge on any atom is -0.467 e. The highest BCUT2D eigenvalue weighted by molar-refractivity contribution is 7.12. The van der Waals surface area contributed by atoms with Crippen molar-refractivity contribution in [1.29, 1.82) is 0 Å². The zero-order valence-corrected chi connectivity index (χ0v) is 27.2. The van der Waals surface area contributed by atoms with Gasteiger partial charge >= 0.3 is 5.97 Å². The molecule has 0 aliphatic heterocycles. The fraction of sp³-hybridized carbons (Fsp3) is 0.417. The van der Waals surface area contributed by atoms with Crippen molar-refractivity contribution in [1.82, 2.24) is 10.3 Å². The van der Waals surface area contributed by atoms with Gasteiger partial charge in [0.25, 0.3) is 5.91 Å². The van der Waals surface area contributed by atoms with Gasteiger partial charge in [-0.25, -0.2) is 9.78 Å². The van der Waals surface area contributed by atoms with Gasteiger partial charge in [-0.2, -0.15) is 0 Å². The molecule has 1 saturated carbocycles. The summed E-state index contributed by atoms with van der Waals surface area (Å²) >= 11 is 1.27. The first-order chi connectivity index (χ1) is 21.5. The second kappa shape index (κ2) is 14.1. The van der Waals surface area contributed by atoms with E-state index in [1.54, 1.807) is 18.2 Å². The van der Waals surface area contributed by atoms with Crippen LogP contribution < -0.4 is 10.1 Å². The number of carbonyl (C=O) groups is 2. The predicted octanol–water partition coefficient (Wildman–Crippen LogP) is 6.66. The molecule has 1 fully saturated rings. The van der Waals surface area contributed by atoms with Crippen LogP contribution in [0.4, 0.5) is 0 Å². The molecule has 2 unspecified atom stereocenters. The summed E-state index contributed by atoms with van der Waals surface area (Å²) < 4.78 is 11.2. The number of amides is 1. The minimum absolute atomic E-state index is 0.0561. The highest BCUT2D eigenvalue weighted by atomic mass is 32.1. The van der Waals surface area contributed by atoms with Gasteiger partial charge in [-0.1, -0.05) is 64.7 Å². The van der Waals surface area contributed by atoms with Gasteiger partial charge in [0.2, 0.25) is 0 Å². The van der Waals surface area contributed by atoms with E-state index in [1.165, 1.54) is 36.9 Å². The Morgan fingerprint density at radius 3 is 2.40 bits per heavy atom. The number of hydrogen-bond donors (Lipinski definition) is 3. The highest BCUT2D eigenvalue weighted by Crippen LogP contribution is 2.33. The standard InChI is InChI=1S/C36H42N2O6S/c1-36(2,3)24-10-13-25(14-11-24)44-26-12-9-23-18-30(37-29(28(23)19-26)17-22-7-5-6-8-22)34(41)38-31(35(42)43-4)20-27-15-16-33(45-27)32(40)21-39/h9-16,18-19,22,31-32,39-40H,5-8,17,20-21H2,1-4H3,(H,38,41). The summed E-state index contributed by atoms with van der Waals surface area (Å²) in [5.74, 6) is 0.904. The molecule has 0 saturated heterocycles. The van der Waals surface area contributed by atoms with E-state index < -0.39 is 30.6 Å². The van der Waals surface area contributed by atoms with Crippen LogP contribution in [-0.2, 0) is 27.8 Å². The fourth-order valence-electron chi connectivity index (χ4n) is 5.82. The lowest BCUT2D eigenvalue weighted by Crippen LogP contribution is -2.43. The predicted molar refractivity (Wildman–Crippen MR) is 176 cm³/mol. The van der Waals surface area contributed by atoms with Crippen LogP contribution in [0, 0.1) is 5.92 Å². The normalized spacial score (nSPS) is 15.2. The second-order valence-electron chi connectivity index (χ2n) is 12.8. The first kappa shape index (κ1) is 32.6. The van der Waals surface area contributed by atoms with Gasteiger partial charge in [0.1, 0.15) is 29.3 Å². The number of esters is 1. The molecule has 1 amide bonds. The number of aliphatic hydroxyl groups excluding tert-OH is 2. The maximum absolute atomic E-state index is 13.6. The van der Waals surface area contributed by atoms with Crippen molar-refractivity contribution in [2.24, 2.45) is 5.92 Å². The van der Waals surface area contributed by atoms with Gasteiger partial charge < -0.3 is 25.0 Å². The van der Waals surface area contributed by atoms with Crippen molar-refractivity contribution in [2.75, 3.05) is 13.7 Å². The number of thiophene rings is 1. The number of nitrogens with zero attached hydrogens (tertiary/aromatic N) is 1. The summed E-state index contributed by atoms with van der Waals surface area (Å²) in [7, 11) is 1.28. The number of fused-ring (bicyclic) bond motifs is 1. The van der Waals surface area contributed by atoms with Gasteiger partial charge in [-0.15, -0.1) is 11.3 Å². The number of hydrogen-bond acceptors (Lipinski definition) is 8. The molecule has 1 aliphatic rings. The first-order valence-electron chi connectivity index (χ1n) is 15.5. The van der Waals surface area contributed by atoms with Crippen molar-refractivity contribution in [3.63, 3.8) is 0 Å². The number of methoxy groups -OCH3 is 1. The third-order valence-corrected chi connectivity index (χ3v) is 9.62. The van der Waals surface area contributed by atoms with Crippen molar-refractivity contribution in [3.8, 4) is 11.5 Å². The second-order valence-corrected chi connectivity index (χ2v) is 14.0. The number of aromatic nitrogens is 1. The summed E-state index contributed by atoms with van der Waals surface area (Å²) in [5, 5.41) is 23.9. The van der Waals surface area contributed by atoms with Crippen LogP contribution in [0.2, 0.25) is 0 Å². The zero-order chi connectivity index (χ0) is 32.1. The molecule has 2 aromatic heterocycles. The number of pyridine rings is 1. The lowest BCUT2D eigenvalue weighted by Gasteiger charge is -2.19. The monoisotopic (exact) mass is 630 g/mol. The lowest BCUT2D eigenvalue weighted by molar-refractivity contribution is -0.142. The Kier molecular flexibility index (Phi) is 10.2. The summed E-state index contributed by atoms with van der Waals surface area (Å²) in [4.78, 5) is 32.5. The Bertz CT molecular complexity index is 1640. The van der Waals surface area contributed by atoms with Crippen molar-refractivity contribution < 1.29 is 29.3 Å². The number of ether oxygens (including phenoxy) is 2. The van der Waals surface area contributed by atoms with E-state index in [0.717, 1.165) is 46.4 Å². The van der Waals surface area contributed by atoms with Crippen LogP contribution in [-0.4, -0.2) is 46.8 Å². The van der Waals surface area contributed by atoms with Crippen molar-refractivity contribution in [3.05, 3.63) is 87.4 Å². The van der Waals surface area contributed by atoms with E-state index in [-0.39, 0.29) is 17.5 Å². The molecule has 4 aromatic rings. The van der Waals surface area contributed by atoms with Crippen molar-refractivity contribution in [2.45, 2.75) is 76.9 Å². The molecule has 9 heteroatoms. The zero-order valence-electron chi connectivity index (χ0n) is 26.3. The van der Waals surface area contributed by atoms with Gasteiger partial charge in [-0.3, -0.25) is 4.79 Å². The van der Waals surface area contributed by atoms with E-state index in [2.05, 4.69) is 38.2 Å². The lowest BCUT2D eigenvalue weighted by atomic mass is 9.87. The molecule has 2 atom stereocenters.